The van der Waals surface area contributed by atoms with Crippen LogP contribution in [-0.4, -0.2) is 21.3 Å². The van der Waals surface area contributed by atoms with Gasteiger partial charge in [-0.05, 0) is 10.6 Å². The van der Waals surface area contributed by atoms with E-state index in [0.717, 1.165) is 11.7 Å². The van der Waals surface area contributed by atoms with E-state index in [9.17, 15) is 0 Å². The molecule has 0 fully saturated rings. The van der Waals surface area contributed by atoms with Crippen LogP contribution in [0, 0.1) is 5.41 Å². The smallest absolute Gasteiger partial charge is 0.225 e. The number of hydrogen-bond acceptors (Lipinski definition) is 5. The zero-order valence-corrected chi connectivity index (χ0v) is 7.77. The summed E-state index contributed by atoms with van der Waals surface area (Å²) in [4.78, 5) is 0. The molecular weight excluding hydrogens is 160 g/mol. The zero-order valence-electron chi connectivity index (χ0n) is 6.96. The molecule has 0 atom stereocenters. The third-order valence-electron chi connectivity index (χ3n) is 1.07. The standard InChI is InChI=1S/C6H12N4S/c1-6(2,3)4-7-5-8-9-10-11-5/h4H2,1-3H3,(H,7,8,10). The molecule has 0 bridgehead atoms. The van der Waals surface area contributed by atoms with Gasteiger partial charge in [0.1, 0.15) is 0 Å². The minimum atomic E-state index is 0.270. The van der Waals surface area contributed by atoms with Crippen molar-refractivity contribution in [2.75, 3.05) is 11.9 Å². The number of anilines is 1. The summed E-state index contributed by atoms with van der Waals surface area (Å²) in [6, 6.07) is 0. The molecule has 62 valence electrons. The fourth-order valence-corrected chi connectivity index (χ4v) is 0.903. The minimum Gasteiger partial charge on any atom is -0.358 e. The van der Waals surface area contributed by atoms with E-state index >= 15 is 0 Å². The molecule has 5 heteroatoms. The molecular formula is C6H12N4S. The Morgan fingerprint density at radius 2 is 2.18 bits per heavy atom. The van der Waals surface area contributed by atoms with Crippen molar-refractivity contribution in [2.45, 2.75) is 20.8 Å². The minimum absolute atomic E-state index is 0.270. The summed E-state index contributed by atoms with van der Waals surface area (Å²) in [5, 5.41) is 11.2. The molecule has 0 aliphatic heterocycles. The van der Waals surface area contributed by atoms with E-state index < -0.39 is 0 Å². The van der Waals surface area contributed by atoms with Crippen LogP contribution in [0.4, 0.5) is 5.13 Å². The predicted molar refractivity (Wildman–Crippen MR) is 45.6 cm³/mol. The normalized spacial score (nSPS) is 11.5. The number of rotatable bonds is 2. The van der Waals surface area contributed by atoms with Gasteiger partial charge in [-0.1, -0.05) is 30.4 Å². The van der Waals surface area contributed by atoms with Gasteiger partial charge in [-0.15, -0.1) is 0 Å². The molecule has 0 saturated carbocycles. The van der Waals surface area contributed by atoms with E-state index in [1.165, 1.54) is 11.5 Å². The number of aromatic nitrogens is 3. The van der Waals surface area contributed by atoms with Crippen molar-refractivity contribution < 1.29 is 0 Å². The van der Waals surface area contributed by atoms with Crippen molar-refractivity contribution in [1.82, 2.24) is 14.8 Å². The summed E-state index contributed by atoms with van der Waals surface area (Å²) in [6.07, 6.45) is 0. The molecule has 0 aliphatic carbocycles. The van der Waals surface area contributed by atoms with Crippen LogP contribution in [0.5, 0.6) is 0 Å². The van der Waals surface area contributed by atoms with Crippen molar-refractivity contribution in [2.24, 2.45) is 5.41 Å². The second-order valence-electron chi connectivity index (χ2n) is 3.58. The number of nitrogens with zero attached hydrogens (tertiary/aromatic N) is 3. The van der Waals surface area contributed by atoms with Gasteiger partial charge in [0.25, 0.3) is 0 Å². The molecule has 1 heterocycles. The maximum absolute atomic E-state index is 3.77. The lowest BCUT2D eigenvalue weighted by atomic mass is 9.97. The first-order chi connectivity index (χ1) is 5.08. The van der Waals surface area contributed by atoms with Gasteiger partial charge in [0.2, 0.25) is 5.13 Å². The maximum Gasteiger partial charge on any atom is 0.225 e. The van der Waals surface area contributed by atoms with E-state index in [1.807, 2.05) is 0 Å². The SMILES string of the molecule is CC(C)(C)CNc1nnns1. The highest BCUT2D eigenvalue weighted by atomic mass is 32.1. The molecule has 1 N–H and O–H groups in total. The third-order valence-corrected chi connectivity index (χ3v) is 1.62. The fraction of sp³-hybridized carbons (Fsp3) is 0.833. The molecule has 0 unspecified atom stereocenters. The third kappa shape index (κ3) is 3.27. The second kappa shape index (κ2) is 3.13. The Kier molecular flexibility index (Phi) is 2.38. The zero-order chi connectivity index (χ0) is 8.32. The van der Waals surface area contributed by atoms with Crippen molar-refractivity contribution in [3.05, 3.63) is 0 Å². The first kappa shape index (κ1) is 8.39. The van der Waals surface area contributed by atoms with E-state index in [2.05, 4.69) is 40.9 Å². The van der Waals surface area contributed by atoms with Gasteiger partial charge < -0.3 is 5.32 Å². The van der Waals surface area contributed by atoms with Crippen molar-refractivity contribution in [3.63, 3.8) is 0 Å². The first-order valence-electron chi connectivity index (χ1n) is 3.47. The molecule has 1 rings (SSSR count). The number of nitrogens with one attached hydrogen (secondary N) is 1. The molecule has 0 amide bonds. The quantitative estimate of drug-likeness (QED) is 0.732. The van der Waals surface area contributed by atoms with Crippen molar-refractivity contribution >= 4 is 16.7 Å². The Bertz CT molecular complexity index is 201. The first-order valence-corrected chi connectivity index (χ1v) is 4.24. The topological polar surface area (TPSA) is 50.7 Å². The Balaban J connectivity index is 2.35. The van der Waals surface area contributed by atoms with E-state index in [-0.39, 0.29) is 5.41 Å². The monoisotopic (exact) mass is 172 g/mol. The van der Waals surface area contributed by atoms with Crippen LogP contribution < -0.4 is 5.32 Å². The molecule has 1 aromatic rings. The average molecular weight is 172 g/mol. The lowest BCUT2D eigenvalue weighted by molar-refractivity contribution is 0.443. The van der Waals surface area contributed by atoms with E-state index in [0.29, 0.717) is 0 Å². The summed E-state index contributed by atoms with van der Waals surface area (Å²) in [5.74, 6) is 0. The summed E-state index contributed by atoms with van der Waals surface area (Å²) in [6.45, 7) is 7.38. The molecule has 0 radical (unpaired) electrons. The van der Waals surface area contributed by atoms with Crippen molar-refractivity contribution in [3.8, 4) is 0 Å². The predicted octanol–water partition coefficient (Wildman–Crippen LogP) is 1.39. The molecule has 0 aromatic carbocycles. The van der Waals surface area contributed by atoms with Gasteiger partial charge in [0.05, 0.1) is 0 Å². The van der Waals surface area contributed by atoms with E-state index in [1.54, 1.807) is 0 Å². The highest BCUT2D eigenvalue weighted by molar-refractivity contribution is 7.09. The van der Waals surface area contributed by atoms with Gasteiger partial charge in [-0.2, -0.15) is 0 Å². The lowest BCUT2D eigenvalue weighted by Crippen LogP contribution is -2.18. The highest BCUT2D eigenvalue weighted by Crippen LogP contribution is 2.14. The van der Waals surface area contributed by atoms with Crippen LogP contribution in [0.3, 0.4) is 0 Å². The highest BCUT2D eigenvalue weighted by Gasteiger charge is 2.10. The molecule has 4 nitrogen and oxygen atoms in total. The maximum atomic E-state index is 3.77. The average Bonchev–Trinajstić information content (AvgIpc) is 2.32. The Morgan fingerprint density at radius 1 is 1.45 bits per heavy atom. The van der Waals surface area contributed by atoms with Crippen LogP contribution in [0.25, 0.3) is 0 Å². The Hall–Kier alpha value is -0.710. The molecule has 1 aromatic heterocycles. The Morgan fingerprint density at radius 3 is 2.64 bits per heavy atom. The van der Waals surface area contributed by atoms with Crippen LogP contribution in [0.15, 0.2) is 0 Å². The molecule has 0 aliphatic rings. The molecule has 0 spiro atoms. The second-order valence-corrected chi connectivity index (χ2v) is 4.31. The van der Waals surface area contributed by atoms with Crippen LogP contribution >= 0.6 is 11.5 Å². The lowest BCUT2D eigenvalue weighted by Gasteiger charge is -2.17. The van der Waals surface area contributed by atoms with Gasteiger partial charge in [-0.25, -0.2) is 0 Å². The summed E-state index contributed by atoms with van der Waals surface area (Å²) < 4.78 is 3.64. The van der Waals surface area contributed by atoms with Crippen LogP contribution in [-0.2, 0) is 0 Å². The van der Waals surface area contributed by atoms with Gasteiger partial charge in [0.15, 0.2) is 0 Å². The van der Waals surface area contributed by atoms with Gasteiger partial charge in [-0.3, -0.25) is 0 Å². The van der Waals surface area contributed by atoms with E-state index in [4.69, 9.17) is 0 Å². The Labute approximate surface area is 70.2 Å². The molecule has 0 saturated heterocycles. The molecule has 11 heavy (non-hydrogen) atoms. The van der Waals surface area contributed by atoms with Gasteiger partial charge >= 0.3 is 0 Å². The largest absolute Gasteiger partial charge is 0.358 e. The van der Waals surface area contributed by atoms with Crippen molar-refractivity contribution in [1.29, 1.82) is 0 Å². The summed E-state index contributed by atoms with van der Waals surface area (Å²) >= 11 is 1.28. The number of hydrogen-bond donors (Lipinski definition) is 1. The van der Waals surface area contributed by atoms with Gasteiger partial charge in [0, 0.05) is 18.1 Å². The van der Waals surface area contributed by atoms with Crippen LogP contribution in [0.2, 0.25) is 0 Å². The summed E-state index contributed by atoms with van der Waals surface area (Å²) in [5.41, 5.74) is 0.270. The summed E-state index contributed by atoms with van der Waals surface area (Å²) in [7, 11) is 0. The fourth-order valence-electron chi connectivity index (χ4n) is 0.542. The van der Waals surface area contributed by atoms with Crippen LogP contribution in [0.1, 0.15) is 20.8 Å².